The fraction of sp³-hybridized carbons (Fsp3) is 0.0769. The van der Waals surface area contributed by atoms with E-state index < -0.39 is 0 Å². The molecule has 7 nitrogen and oxygen atoms in total. The molecule has 0 saturated heterocycles. The largest absolute Gasteiger partial charge is 0.345 e. The maximum atomic E-state index is 12.2. The molecule has 3 aromatic rings. The molecule has 1 N–H and O–H groups in total. The molecule has 0 radical (unpaired) electrons. The first kappa shape index (κ1) is 13.5. The van der Waals surface area contributed by atoms with Crippen molar-refractivity contribution in [2.75, 3.05) is 5.32 Å². The Bertz CT molecular complexity index is 780. The predicted molar refractivity (Wildman–Crippen MR) is 80.2 cm³/mol. The fourth-order valence-corrected chi connectivity index (χ4v) is 2.47. The molecule has 0 spiro atoms. The predicted octanol–water partition coefficient (Wildman–Crippen LogP) is 2.02. The number of tetrazole rings is 1. The third-order valence-electron chi connectivity index (χ3n) is 2.92. The number of hydrogen-bond acceptors (Lipinski definition) is 4. The average molecular weight is 347 g/mol. The number of benzene rings is 1. The van der Waals surface area contributed by atoms with Crippen LogP contribution in [0.2, 0.25) is 0 Å². The minimum Gasteiger partial charge on any atom is -0.345 e. The summed E-state index contributed by atoms with van der Waals surface area (Å²) in [5.74, 6) is -0.183. The second-order valence-corrected chi connectivity index (χ2v) is 5.33. The number of anilines is 1. The normalized spacial score (nSPS) is 10.6. The molecule has 0 aliphatic rings. The van der Waals surface area contributed by atoms with Gasteiger partial charge in [0.15, 0.2) is 0 Å². The van der Waals surface area contributed by atoms with Crippen LogP contribution < -0.4 is 5.32 Å². The highest BCUT2D eigenvalue weighted by Gasteiger charge is 2.11. The molecule has 8 heteroatoms. The van der Waals surface area contributed by atoms with Crippen LogP contribution in [-0.4, -0.2) is 30.7 Å². The van der Waals surface area contributed by atoms with Crippen LogP contribution in [0.15, 0.2) is 47.3 Å². The van der Waals surface area contributed by atoms with Crippen LogP contribution in [0, 0.1) is 0 Å². The first-order valence-corrected chi connectivity index (χ1v) is 6.89. The summed E-state index contributed by atoms with van der Waals surface area (Å²) in [4.78, 5) is 12.2. The van der Waals surface area contributed by atoms with Crippen LogP contribution in [0.3, 0.4) is 0 Å². The van der Waals surface area contributed by atoms with E-state index >= 15 is 0 Å². The fourth-order valence-electron chi connectivity index (χ4n) is 1.95. The molecule has 0 atom stereocenters. The van der Waals surface area contributed by atoms with Crippen LogP contribution in [-0.2, 0) is 7.05 Å². The van der Waals surface area contributed by atoms with E-state index in [1.54, 1.807) is 16.7 Å². The summed E-state index contributed by atoms with van der Waals surface area (Å²) in [6, 6.07) is 9.05. The second kappa shape index (κ2) is 5.49. The van der Waals surface area contributed by atoms with Crippen LogP contribution in [0.4, 0.5) is 5.69 Å². The zero-order chi connectivity index (χ0) is 14.8. The molecule has 106 valence electrons. The van der Waals surface area contributed by atoms with Crippen molar-refractivity contribution in [2.24, 2.45) is 7.05 Å². The van der Waals surface area contributed by atoms with Crippen molar-refractivity contribution in [3.8, 4) is 5.69 Å². The summed E-state index contributed by atoms with van der Waals surface area (Å²) in [6.07, 6.45) is 3.32. The SMILES string of the molecule is Cn1cc(Br)cc1C(=O)Nc1cccc(-n2cnnn2)c1. The first-order chi connectivity index (χ1) is 10.1. The van der Waals surface area contributed by atoms with Gasteiger partial charge in [-0.25, -0.2) is 4.68 Å². The van der Waals surface area contributed by atoms with E-state index in [9.17, 15) is 4.79 Å². The molecule has 3 rings (SSSR count). The molecule has 0 fully saturated rings. The lowest BCUT2D eigenvalue weighted by Crippen LogP contribution is -2.15. The smallest absolute Gasteiger partial charge is 0.272 e. The van der Waals surface area contributed by atoms with E-state index in [4.69, 9.17) is 0 Å². The summed E-state index contributed by atoms with van der Waals surface area (Å²) >= 11 is 3.35. The van der Waals surface area contributed by atoms with E-state index in [1.807, 2.05) is 31.4 Å². The van der Waals surface area contributed by atoms with Gasteiger partial charge in [-0.1, -0.05) is 6.07 Å². The van der Waals surface area contributed by atoms with Crippen molar-refractivity contribution >= 4 is 27.5 Å². The van der Waals surface area contributed by atoms with Gasteiger partial charge in [0.05, 0.1) is 5.69 Å². The first-order valence-electron chi connectivity index (χ1n) is 6.10. The van der Waals surface area contributed by atoms with Gasteiger partial charge in [0.2, 0.25) is 0 Å². The van der Waals surface area contributed by atoms with Crippen molar-refractivity contribution in [3.05, 3.63) is 53.0 Å². The molecule has 2 aromatic heterocycles. The highest BCUT2D eigenvalue weighted by atomic mass is 79.9. The van der Waals surface area contributed by atoms with Gasteiger partial charge in [0.1, 0.15) is 12.0 Å². The number of carbonyl (C=O) groups is 1. The monoisotopic (exact) mass is 346 g/mol. The highest BCUT2D eigenvalue weighted by molar-refractivity contribution is 9.10. The van der Waals surface area contributed by atoms with Gasteiger partial charge in [0.25, 0.3) is 5.91 Å². The molecular formula is C13H11BrN6O. The maximum absolute atomic E-state index is 12.2. The van der Waals surface area contributed by atoms with Gasteiger partial charge in [-0.3, -0.25) is 4.79 Å². The van der Waals surface area contributed by atoms with Gasteiger partial charge in [-0.15, -0.1) is 5.10 Å². The standard InChI is InChI=1S/C13H11BrN6O/c1-19-7-9(14)5-12(19)13(21)16-10-3-2-4-11(6-10)20-8-15-17-18-20/h2-8H,1H3,(H,16,21). The minimum absolute atomic E-state index is 0.183. The zero-order valence-electron chi connectivity index (χ0n) is 11.1. The Labute approximate surface area is 128 Å². The van der Waals surface area contributed by atoms with Crippen LogP contribution in [0.25, 0.3) is 5.69 Å². The number of rotatable bonds is 3. The maximum Gasteiger partial charge on any atom is 0.272 e. The molecule has 0 aliphatic heterocycles. The van der Waals surface area contributed by atoms with Gasteiger partial charge >= 0.3 is 0 Å². The quantitative estimate of drug-likeness (QED) is 0.786. The minimum atomic E-state index is -0.183. The number of halogens is 1. The highest BCUT2D eigenvalue weighted by Crippen LogP contribution is 2.17. The summed E-state index contributed by atoms with van der Waals surface area (Å²) in [7, 11) is 1.82. The summed E-state index contributed by atoms with van der Waals surface area (Å²) in [5, 5.41) is 13.8. The Kier molecular flexibility index (Phi) is 3.53. The Balaban J connectivity index is 1.84. The van der Waals surface area contributed by atoms with Gasteiger partial charge < -0.3 is 9.88 Å². The number of carbonyl (C=O) groups excluding carboxylic acids is 1. The summed E-state index contributed by atoms with van der Waals surface area (Å²) < 4.78 is 4.14. The van der Waals surface area contributed by atoms with Crippen LogP contribution >= 0.6 is 15.9 Å². The molecule has 21 heavy (non-hydrogen) atoms. The van der Waals surface area contributed by atoms with Gasteiger partial charge in [-0.2, -0.15) is 0 Å². The molecule has 0 unspecified atom stereocenters. The van der Waals surface area contributed by atoms with Crippen molar-refractivity contribution < 1.29 is 4.79 Å². The van der Waals surface area contributed by atoms with Crippen molar-refractivity contribution in [3.63, 3.8) is 0 Å². The summed E-state index contributed by atoms with van der Waals surface area (Å²) in [6.45, 7) is 0. The lowest BCUT2D eigenvalue weighted by molar-refractivity contribution is 0.101. The van der Waals surface area contributed by atoms with Crippen molar-refractivity contribution in [1.82, 2.24) is 24.8 Å². The molecule has 1 aromatic carbocycles. The third kappa shape index (κ3) is 2.84. The van der Waals surface area contributed by atoms with E-state index in [-0.39, 0.29) is 5.91 Å². The van der Waals surface area contributed by atoms with Crippen molar-refractivity contribution in [1.29, 1.82) is 0 Å². The second-order valence-electron chi connectivity index (χ2n) is 4.41. The Morgan fingerprint density at radius 1 is 1.33 bits per heavy atom. The van der Waals surface area contributed by atoms with Crippen LogP contribution in [0.1, 0.15) is 10.5 Å². The van der Waals surface area contributed by atoms with E-state index in [1.165, 1.54) is 11.0 Å². The number of nitrogens with one attached hydrogen (secondary N) is 1. The topological polar surface area (TPSA) is 77.6 Å². The van der Waals surface area contributed by atoms with Gasteiger partial charge in [0, 0.05) is 23.4 Å². The number of hydrogen-bond donors (Lipinski definition) is 1. The molecule has 1 amide bonds. The lowest BCUT2D eigenvalue weighted by Gasteiger charge is -2.07. The van der Waals surface area contributed by atoms with E-state index in [0.717, 1.165) is 10.2 Å². The van der Waals surface area contributed by atoms with Crippen LogP contribution in [0.5, 0.6) is 0 Å². The molecule has 2 heterocycles. The van der Waals surface area contributed by atoms with Gasteiger partial charge in [-0.05, 0) is 50.6 Å². The lowest BCUT2D eigenvalue weighted by atomic mass is 10.2. The molecule has 0 saturated carbocycles. The average Bonchev–Trinajstić information content (AvgIpc) is 3.08. The number of nitrogens with zero attached hydrogens (tertiary/aromatic N) is 5. The molecular weight excluding hydrogens is 336 g/mol. The number of amides is 1. The molecule has 0 bridgehead atoms. The Morgan fingerprint density at radius 2 is 2.19 bits per heavy atom. The third-order valence-corrected chi connectivity index (χ3v) is 3.36. The molecule has 0 aliphatic carbocycles. The Hall–Kier alpha value is -2.48. The van der Waals surface area contributed by atoms with E-state index in [2.05, 4.69) is 36.8 Å². The van der Waals surface area contributed by atoms with E-state index in [0.29, 0.717) is 11.4 Å². The number of aryl methyl sites for hydroxylation is 1. The number of aromatic nitrogens is 5. The summed E-state index contributed by atoms with van der Waals surface area (Å²) in [5.41, 5.74) is 2.01. The zero-order valence-corrected chi connectivity index (χ0v) is 12.6. The van der Waals surface area contributed by atoms with Crippen molar-refractivity contribution in [2.45, 2.75) is 0 Å². The Morgan fingerprint density at radius 3 is 2.86 bits per heavy atom.